The SMILES string of the molecule is NC(Cc1ccc(Br)cn1)c1cc2c(s1)CCSC2. The van der Waals surface area contributed by atoms with Crippen molar-refractivity contribution < 1.29 is 0 Å². The lowest BCUT2D eigenvalue weighted by molar-refractivity contribution is 0.719. The Hall–Kier alpha value is -0.360. The largest absolute Gasteiger partial charge is 0.323 e. The summed E-state index contributed by atoms with van der Waals surface area (Å²) in [5.74, 6) is 2.39. The van der Waals surface area contributed by atoms with E-state index in [1.807, 2.05) is 41.4 Å². The minimum absolute atomic E-state index is 0.0641. The number of aromatic nitrogens is 1. The maximum absolute atomic E-state index is 6.33. The van der Waals surface area contributed by atoms with Crippen LogP contribution in [0.25, 0.3) is 0 Å². The molecule has 1 atom stereocenters. The fraction of sp³-hybridized carbons (Fsp3) is 0.357. The minimum Gasteiger partial charge on any atom is -0.323 e. The molecule has 0 spiro atoms. The highest BCUT2D eigenvalue weighted by atomic mass is 79.9. The number of nitrogens with zero attached hydrogens (tertiary/aromatic N) is 1. The Balaban J connectivity index is 1.74. The Morgan fingerprint density at radius 2 is 2.32 bits per heavy atom. The predicted octanol–water partition coefficient (Wildman–Crippen LogP) is 3.94. The van der Waals surface area contributed by atoms with E-state index < -0.39 is 0 Å². The highest BCUT2D eigenvalue weighted by Crippen LogP contribution is 2.34. The van der Waals surface area contributed by atoms with Crippen LogP contribution in [0.3, 0.4) is 0 Å². The number of pyridine rings is 1. The number of aryl methyl sites for hydroxylation is 1. The number of rotatable bonds is 3. The molecular formula is C14H15BrN2S2. The van der Waals surface area contributed by atoms with Crippen molar-refractivity contribution >= 4 is 39.0 Å². The number of fused-ring (bicyclic) bond motifs is 1. The van der Waals surface area contributed by atoms with Gasteiger partial charge >= 0.3 is 0 Å². The van der Waals surface area contributed by atoms with Crippen molar-refractivity contribution in [1.29, 1.82) is 0 Å². The van der Waals surface area contributed by atoms with E-state index in [0.717, 1.165) is 22.3 Å². The fourth-order valence-corrected chi connectivity index (χ4v) is 4.82. The van der Waals surface area contributed by atoms with Crippen molar-refractivity contribution in [2.45, 2.75) is 24.6 Å². The molecule has 1 aliphatic heterocycles. The van der Waals surface area contributed by atoms with Crippen LogP contribution in [0.2, 0.25) is 0 Å². The fourth-order valence-electron chi connectivity index (χ4n) is 2.21. The maximum Gasteiger partial charge on any atom is 0.0446 e. The Labute approximate surface area is 129 Å². The Bertz CT molecular complexity index is 542. The zero-order valence-electron chi connectivity index (χ0n) is 10.4. The molecule has 19 heavy (non-hydrogen) atoms. The van der Waals surface area contributed by atoms with Gasteiger partial charge in [0.05, 0.1) is 0 Å². The van der Waals surface area contributed by atoms with Crippen LogP contribution in [0.4, 0.5) is 0 Å². The zero-order valence-corrected chi connectivity index (χ0v) is 13.7. The van der Waals surface area contributed by atoms with Gasteiger partial charge in [0.2, 0.25) is 0 Å². The Morgan fingerprint density at radius 1 is 1.42 bits per heavy atom. The predicted molar refractivity (Wildman–Crippen MR) is 86.8 cm³/mol. The second kappa shape index (κ2) is 5.95. The van der Waals surface area contributed by atoms with Gasteiger partial charge in [-0.1, -0.05) is 0 Å². The molecule has 0 radical (unpaired) electrons. The van der Waals surface area contributed by atoms with Gasteiger partial charge in [0.1, 0.15) is 0 Å². The highest BCUT2D eigenvalue weighted by Gasteiger charge is 2.17. The molecule has 0 saturated carbocycles. The van der Waals surface area contributed by atoms with E-state index in [9.17, 15) is 0 Å². The third-order valence-corrected chi connectivity index (χ3v) is 6.08. The van der Waals surface area contributed by atoms with Gasteiger partial charge in [-0.3, -0.25) is 4.98 Å². The van der Waals surface area contributed by atoms with Crippen molar-refractivity contribution in [3.8, 4) is 0 Å². The normalized spacial score (nSPS) is 16.1. The number of hydrogen-bond donors (Lipinski definition) is 1. The minimum atomic E-state index is 0.0641. The maximum atomic E-state index is 6.33. The first-order chi connectivity index (χ1) is 9.22. The topological polar surface area (TPSA) is 38.9 Å². The second-order valence-electron chi connectivity index (χ2n) is 4.68. The Kier molecular flexibility index (Phi) is 4.27. The van der Waals surface area contributed by atoms with Crippen LogP contribution in [0.15, 0.2) is 28.9 Å². The van der Waals surface area contributed by atoms with E-state index in [1.54, 1.807) is 0 Å². The standard InChI is InChI=1S/C14H15BrN2S2/c15-10-1-2-11(17-7-10)6-12(16)14-5-9-8-18-4-3-13(9)19-14/h1-2,5,7,12H,3-4,6,8,16H2. The average Bonchev–Trinajstić information content (AvgIpc) is 2.85. The van der Waals surface area contributed by atoms with Crippen molar-refractivity contribution in [2.24, 2.45) is 5.73 Å². The van der Waals surface area contributed by atoms with Gasteiger partial charge in [0.15, 0.2) is 0 Å². The molecule has 2 aromatic heterocycles. The molecule has 1 unspecified atom stereocenters. The van der Waals surface area contributed by atoms with Crippen LogP contribution >= 0.6 is 39.0 Å². The molecular weight excluding hydrogens is 340 g/mol. The average molecular weight is 355 g/mol. The summed E-state index contributed by atoms with van der Waals surface area (Å²) in [6.07, 6.45) is 3.84. The van der Waals surface area contributed by atoms with Crippen molar-refractivity contribution in [3.63, 3.8) is 0 Å². The molecule has 3 rings (SSSR count). The van der Waals surface area contributed by atoms with Crippen LogP contribution in [-0.2, 0) is 18.6 Å². The first-order valence-electron chi connectivity index (χ1n) is 6.27. The van der Waals surface area contributed by atoms with Crippen molar-refractivity contribution in [3.05, 3.63) is 49.9 Å². The number of hydrogen-bond acceptors (Lipinski definition) is 4. The smallest absolute Gasteiger partial charge is 0.0446 e. The summed E-state index contributed by atoms with van der Waals surface area (Å²) in [6, 6.07) is 6.42. The number of nitrogens with two attached hydrogens (primary N) is 1. The first kappa shape index (κ1) is 13.6. The molecule has 2 N–H and O–H groups in total. The Morgan fingerprint density at radius 3 is 3.05 bits per heavy atom. The molecule has 100 valence electrons. The molecule has 2 nitrogen and oxygen atoms in total. The van der Waals surface area contributed by atoms with Crippen molar-refractivity contribution in [2.75, 3.05) is 5.75 Å². The summed E-state index contributed by atoms with van der Waals surface area (Å²) in [5.41, 5.74) is 8.88. The van der Waals surface area contributed by atoms with E-state index in [1.165, 1.54) is 27.5 Å². The third-order valence-electron chi connectivity index (χ3n) is 3.23. The van der Waals surface area contributed by atoms with Gasteiger partial charge in [-0.25, -0.2) is 0 Å². The second-order valence-corrected chi connectivity index (χ2v) is 7.87. The van der Waals surface area contributed by atoms with Gasteiger partial charge in [-0.05, 0) is 51.9 Å². The molecule has 0 aliphatic carbocycles. The van der Waals surface area contributed by atoms with Crippen LogP contribution in [0, 0.1) is 0 Å². The lowest BCUT2D eigenvalue weighted by atomic mass is 10.1. The van der Waals surface area contributed by atoms with Crippen LogP contribution in [0.5, 0.6) is 0 Å². The van der Waals surface area contributed by atoms with Crippen LogP contribution in [-0.4, -0.2) is 10.7 Å². The van der Waals surface area contributed by atoms with Gasteiger partial charge < -0.3 is 5.73 Å². The van der Waals surface area contributed by atoms with Gasteiger partial charge in [0, 0.05) is 44.3 Å². The summed E-state index contributed by atoms with van der Waals surface area (Å²) < 4.78 is 1.01. The summed E-state index contributed by atoms with van der Waals surface area (Å²) in [6.45, 7) is 0. The first-order valence-corrected chi connectivity index (χ1v) is 9.04. The zero-order chi connectivity index (χ0) is 13.2. The molecule has 0 bridgehead atoms. The quantitative estimate of drug-likeness (QED) is 0.907. The van der Waals surface area contributed by atoms with E-state index in [4.69, 9.17) is 5.73 Å². The molecule has 3 heterocycles. The highest BCUT2D eigenvalue weighted by molar-refractivity contribution is 9.10. The molecule has 1 aliphatic rings. The van der Waals surface area contributed by atoms with E-state index in [-0.39, 0.29) is 6.04 Å². The van der Waals surface area contributed by atoms with E-state index in [0.29, 0.717) is 0 Å². The van der Waals surface area contributed by atoms with Crippen LogP contribution < -0.4 is 5.73 Å². The summed E-state index contributed by atoms with van der Waals surface area (Å²) in [5, 5.41) is 0. The monoisotopic (exact) mass is 354 g/mol. The van der Waals surface area contributed by atoms with Crippen LogP contribution in [0.1, 0.15) is 27.1 Å². The molecule has 0 fully saturated rings. The number of halogens is 1. The van der Waals surface area contributed by atoms with Crippen molar-refractivity contribution in [1.82, 2.24) is 4.98 Å². The summed E-state index contributed by atoms with van der Waals surface area (Å²) >= 11 is 7.31. The van der Waals surface area contributed by atoms with E-state index >= 15 is 0 Å². The van der Waals surface area contributed by atoms with Gasteiger partial charge in [-0.2, -0.15) is 11.8 Å². The number of thiophene rings is 1. The third kappa shape index (κ3) is 3.21. The van der Waals surface area contributed by atoms with Gasteiger partial charge in [-0.15, -0.1) is 11.3 Å². The summed E-state index contributed by atoms with van der Waals surface area (Å²) in [7, 11) is 0. The molecule has 0 amide bonds. The van der Waals surface area contributed by atoms with Gasteiger partial charge in [0.25, 0.3) is 0 Å². The molecule has 0 saturated heterocycles. The molecule has 5 heteroatoms. The molecule has 0 aromatic carbocycles. The lowest BCUT2D eigenvalue weighted by Gasteiger charge is -2.08. The molecule has 2 aromatic rings. The van der Waals surface area contributed by atoms with E-state index in [2.05, 4.69) is 27.0 Å². The number of thioether (sulfide) groups is 1. The summed E-state index contributed by atoms with van der Waals surface area (Å²) in [4.78, 5) is 7.24. The lowest BCUT2D eigenvalue weighted by Crippen LogP contribution is -2.12.